The highest BCUT2D eigenvalue weighted by molar-refractivity contribution is 5.99. The van der Waals surface area contributed by atoms with E-state index in [0.29, 0.717) is 103 Å². The minimum atomic E-state index is -0.549. The van der Waals surface area contributed by atoms with Crippen molar-refractivity contribution in [2.24, 2.45) is 0 Å². The number of likely N-dealkylation sites (tertiary alicyclic amines) is 2. The molecule has 4 heterocycles. The van der Waals surface area contributed by atoms with Gasteiger partial charge in [0.05, 0.1) is 26.4 Å². The van der Waals surface area contributed by atoms with Crippen molar-refractivity contribution >= 4 is 40.7 Å². The summed E-state index contributed by atoms with van der Waals surface area (Å²) in [4.78, 5) is 66.4. The molecule has 0 saturated carbocycles. The third-order valence-electron chi connectivity index (χ3n) is 13.5. The van der Waals surface area contributed by atoms with Crippen molar-refractivity contribution in [3.8, 4) is 0 Å². The van der Waals surface area contributed by atoms with Crippen LogP contribution in [0.4, 0.5) is 17.1 Å². The highest BCUT2D eigenvalue weighted by Gasteiger charge is 2.42. The Morgan fingerprint density at radius 3 is 1.25 bits per heavy atom. The molecule has 67 heavy (non-hydrogen) atoms. The fourth-order valence-corrected chi connectivity index (χ4v) is 10.0. The average Bonchev–Trinajstić information content (AvgIpc) is 4.09. The first-order valence-electron chi connectivity index (χ1n) is 23.8. The Labute approximate surface area is 393 Å². The Morgan fingerprint density at radius 2 is 0.866 bits per heavy atom. The van der Waals surface area contributed by atoms with E-state index in [1.54, 1.807) is 9.80 Å². The number of benzene rings is 5. The van der Waals surface area contributed by atoms with Gasteiger partial charge in [0.1, 0.15) is 24.2 Å². The van der Waals surface area contributed by atoms with Crippen molar-refractivity contribution in [2.75, 3.05) is 81.2 Å². The number of anilines is 3. The van der Waals surface area contributed by atoms with Crippen molar-refractivity contribution < 1.29 is 28.7 Å². The third kappa shape index (κ3) is 11.1. The number of nitrogens with one attached hydrogen (secondary N) is 2. The zero-order valence-electron chi connectivity index (χ0n) is 38.1. The lowest BCUT2D eigenvalue weighted by Crippen LogP contribution is -2.50. The van der Waals surface area contributed by atoms with Crippen LogP contribution in [-0.2, 0) is 41.7 Å². The smallest absolute Gasteiger partial charge is 0.247 e. The van der Waals surface area contributed by atoms with Crippen molar-refractivity contribution in [3.05, 3.63) is 162 Å². The first-order chi connectivity index (χ1) is 32.9. The lowest BCUT2D eigenvalue weighted by Gasteiger charge is -2.37. The molecule has 4 aliphatic rings. The Kier molecular flexibility index (Phi) is 15.0. The van der Waals surface area contributed by atoms with Crippen LogP contribution in [0.25, 0.3) is 0 Å². The van der Waals surface area contributed by atoms with E-state index in [-0.39, 0.29) is 23.6 Å². The van der Waals surface area contributed by atoms with Crippen LogP contribution >= 0.6 is 0 Å². The van der Waals surface area contributed by atoms with Crippen molar-refractivity contribution in [1.29, 1.82) is 0 Å². The number of ether oxygens (including phenoxy) is 2. The van der Waals surface area contributed by atoms with E-state index >= 15 is 0 Å². The van der Waals surface area contributed by atoms with Gasteiger partial charge in [-0.2, -0.15) is 0 Å². The third-order valence-corrected chi connectivity index (χ3v) is 13.5. The van der Waals surface area contributed by atoms with Crippen LogP contribution in [0.3, 0.4) is 0 Å². The number of rotatable bonds is 15. The Balaban J connectivity index is 0.822. The second-order valence-electron chi connectivity index (χ2n) is 17.9. The van der Waals surface area contributed by atoms with Gasteiger partial charge in [0.15, 0.2) is 0 Å². The molecule has 4 amide bonds. The lowest BCUT2D eigenvalue weighted by molar-refractivity contribution is -0.143. The van der Waals surface area contributed by atoms with Gasteiger partial charge in [-0.25, -0.2) is 0 Å². The molecule has 0 spiro atoms. The van der Waals surface area contributed by atoms with E-state index in [0.717, 1.165) is 40.8 Å². The zero-order valence-corrected chi connectivity index (χ0v) is 38.1. The molecular formula is C54H61N7O6. The molecule has 1 unspecified atom stereocenters. The second kappa shape index (κ2) is 21.9. The molecule has 13 heteroatoms. The normalized spacial score (nSPS) is 19.9. The van der Waals surface area contributed by atoms with Gasteiger partial charge in [0.2, 0.25) is 23.6 Å². The molecule has 4 saturated heterocycles. The lowest BCUT2D eigenvalue weighted by atomic mass is 10.0. The molecule has 348 valence electrons. The molecule has 0 aliphatic carbocycles. The summed E-state index contributed by atoms with van der Waals surface area (Å²) in [5.41, 5.74) is 6.43. The van der Waals surface area contributed by atoms with Crippen LogP contribution < -0.4 is 15.5 Å². The molecule has 0 radical (unpaired) electrons. The van der Waals surface area contributed by atoms with Gasteiger partial charge in [0.25, 0.3) is 0 Å². The fraction of sp³-hybridized carbons (Fsp3) is 0.370. The number of morpholine rings is 2. The molecule has 4 aliphatic heterocycles. The first kappa shape index (κ1) is 45.8. The topological polar surface area (TPSA) is 127 Å². The molecule has 9 rings (SSSR count). The highest BCUT2D eigenvalue weighted by atomic mass is 16.5. The number of carbonyl (C=O) groups is 4. The molecule has 5 aromatic rings. The summed E-state index contributed by atoms with van der Waals surface area (Å²) >= 11 is 0. The van der Waals surface area contributed by atoms with Gasteiger partial charge < -0.3 is 34.8 Å². The number of hydrogen-bond donors (Lipinski definition) is 2. The van der Waals surface area contributed by atoms with E-state index in [9.17, 15) is 19.2 Å². The number of amides is 4. The van der Waals surface area contributed by atoms with Crippen LogP contribution in [0.15, 0.2) is 140 Å². The van der Waals surface area contributed by atoms with E-state index in [1.807, 2.05) is 127 Å². The van der Waals surface area contributed by atoms with Crippen LogP contribution in [0, 0.1) is 0 Å². The van der Waals surface area contributed by atoms with E-state index in [2.05, 4.69) is 37.5 Å². The molecule has 0 aromatic heterocycles. The zero-order chi connectivity index (χ0) is 46.0. The van der Waals surface area contributed by atoms with E-state index in [4.69, 9.17) is 9.47 Å². The SMILES string of the molecule is O=C(Nc1ccc(CN(Cc2ccc(NC(=O)[C@@H]3CCCN3C(=O)[C@@H](c3ccccc3)N3CCOCC3)cc2)c2ccccc2)cc1)C1CCCN1C(=O)[C@@H](c1ccccc1)N1CCOCC1. The maximum absolute atomic E-state index is 14.3. The highest BCUT2D eigenvalue weighted by Crippen LogP contribution is 2.32. The summed E-state index contributed by atoms with van der Waals surface area (Å²) in [5, 5.41) is 6.23. The van der Waals surface area contributed by atoms with Gasteiger partial charge in [-0.3, -0.25) is 29.0 Å². The Bertz CT molecular complexity index is 2260. The molecule has 4 fully saturated rings. The molecule has 2 N–H and O–H groups in total. The number of carbonyl (C=O) groups excluding carboxylic acids is 4. The van der Waals surface area contributed by atoms with Crippen molar-refractivity contribution in [2.45, 2.75) is 62.9 Å². The van der Waals surface area contributed by atoms with Gasteiger partial charge >= 0.3 is 0 Å². The van der Waals surface area contributed by atoms with Gasteiger partial charge in [-0.15, -0.1) is 0 Å². The molecule has 4 atom stereocenters. The summed E-state index contributed by atoms with van der Waals surface area (Å²) in [7, 11) is 0. The number of para-hydroxylation sites is 1. The average molecular weight is 904 g/mol. The quantitative estimate of drug-likeness (QED) is 0.115. The predicted octanol–water partition coefficient (Wildman–Crippen LogP) is 6.90. The summed E-state index contributed by atoms with van der Waals surface area (Å²) in [5.74, 6) is -0.426. The predicted molar refractivity (Wildman–Crippen MR) is 259 cm³/mol. The van der Waals surface area contributed by atoms with Gasteiger partial charge in [0, 0.05) is 69.4 Å². The minimum absolute atomic E-state index is 0.0392. The minimum Gasteiger partial charge on any atom is -0.379 e. The number of hydrogen-bond acceptors (Lipinski definition) is 9. The summed E-state index contributed by atoms with van der Waals surface area (Å²) in [6.07, 6.45) is 2.77. The Morgan fingerprint density at radius 1 is 0.493 bits per heavy atom. The molecule has 13 nitrogen and oxygen atoms in total. The van der Waals surface area contributed by atoms with Crippen molar-refractivity contribution in [3.63, 3.8) is 0 Å². The standard InChI is InChI=1S/C54H61N7O6/c62-51(47-18-10-28-60(47)53(64)49(42-12-4-1-5-13-42)57-30-34-66-35-31-57)55-44-24-20-40(21-25-44)38-59(46-16-8-3-9-17-46)39-41-22-26-45(27-23-41)56-52(63)48-19-11-29-61(48)54(65)50(43-14-6-2-7-15-43)58-32-36-67-37-33-58/h1-9,12-17,20-27,47-50H,10-11,18-19,28-39H2,(H,55,62)(H,56,63)/t47-,48?,49+,50+/m0/s1. The largest absolute Gasteiger partial charge is 0.379 e. The molecule has 5 aromatic carbocycles. The summed E-state index contributed by atoms with van der Waals surface area (Å²) < 4.78 is 11.2. The summed E-state index contributed by atoms with van der Waals surface area (Å²) in [6.45, 7) is 7.27. The van der Waals surface area contributed by atoms with E-state index < -0.39 is 24.2 Å². The van der Waals surface area contributed by atoms with Crippen LogP contribution in [-0.4, -0.2) is 121 Å². The molecule has 0 bridgehead atoms. The van der Waals surface area contributed by atoms with Crippen LogP contribution in [0.1, 0.15) is 60.0 Å². The van der Waals surface area contributed by atoms with Gasteiger partial charge in [-0.05, 0) is 84.3 Å². The monoisotopic (exact) mass is 903 g/mol. The van der Waals surface area contributed by atoms with Gasteiger partial charge in [-0.1, -0.05) is 103 Å². The molecular weight excluding hydrogens is 843 g/mol. The van der Waals surface area contributed by atoms with Crippen LogP contribution in [0.2, 0.25) is 0 Å². The van der Waals surface area contributed by atoms with Crippen LogP contribution in [0.5, 0.6) is 0 Å². The maximum Gasteiger partial charge on any atom is 0.247 e. The Hall–Kier alpha value is -6.38. The first-order valence-corrected chi connectivity index (χ1v) is 23.8. The maximum atomic E-state index is 14.3. The number of nitrogens with zero attached hydrogens (tertiary/aromatic N) is 5. The fourth-order valence-electron chi connectivity index (χ4n) is 10.0. The van der Waals surface area contributed by atoms with Crippen molar-refractivity contribution in [1.82, 2.24) is 19.6 Å². The summed E-state index contributed by atoms with van der Waals surface area (Å²) in [6, 6.07) is 43.8. The second-order valence-corrected chi connectivity index (χ2v) is 17.9. The van der Waals surface area contributed by atoms with E-state index in [1.165, 1.54) is 0 Å².